The van der Waals surface area contributed by atoms with E-state index in [0.29, 0.717) is 5.15 Å². The van der Waals surface area contributed by atoms with Gasteiger partial charge in [0.1, 0.15) is 5.15 Å². The number of nitrogens with one attached hydrogen (secondary N) is 2. The highest BCUT2D eigenvalue weighted by Crippen LogP contribution is 2.17. The summed E-state index contributed by atoms with van der Waals surface area (Å²) in [7, 11) is 0. The lowest BCUT2D eigenvalue weighted by molar-refractivity contribution is 1.02. The van der Waals surface area contributed by atoms with Gasteiger partial charge in [-0.15, -0.1) is 0 Å². The van der Waals surface area contributed by atoms with Crippen molar-refractivity contribution in [3.05, 3.63) is 39.9 Å². The fraction of sp³-hybridized carbons (Fsp3) is 0.333. The van der Waals surface area contributed by atoms with Crippen molar-refractivity contribution >= 4 is 17.3 Å². The lowest BCUT2D eigenvalue weighted by atomic mass is 10.2. The van der Waals surface area contributed by atoms with Crippen LogP contribution in [0, 0.1) is 20.8 Å². The lowest BCUT2D eigenvalue weighted by Crippen LogP contribution is -2.02. The topological polar surface area (TPSA) is 53.6 Å². The molecule has 0 aromatic carbocycles. The predicted molar refractivity (Wildman–Crippen MR) is 69.4 cm³/mol. The van der Waals surface area contributed by atoms with Crippen LogP contribution < -0.4 is 5.32 Å². The molecule has 0 unspecified atom stereocenters. The zero-order valence-electron chi connectivity index (χ0n) is 10.1. The third-order valence-electron chi connectivity index (χ3n) is 2.76. The Labute approximate surface area is 105 Å². The number of hydrogen-bond donors (Lipinski definition) is 2. The number of aromatic nitrogens is 3. The maximum Gasteiger partial charge on any atom is 0.132 e. The van der Waals surface area contributed by atoms with Gasteiger partial charge in [0.15, 0.2) is 0 Å². The van der Waals surface area contributed by atoms with Gasteiger partial charge in [-0.25, -0.2) is 4.98 Å². The maximum absolute atomic E-state index is 5.88. The predicted octanol–water partition coefficient (Wildman–Crippen LogP) is 3.00. The van der Waals surface area contributed by atoms with Gasteiger partial charge >= 0.3 is 0 Å². The molecule has 0 saturated heterocycles. The molecule has 2 N–H and O–H groups in total. The van der Waals surface area contributed by atoms with Crippen LogP contribution in [0.25, 0.3) is 0 Å². The number of anilines is 1. The van der Waals surface area contributed by atoms with Gasteiger partial charge in [-0.05, 0) is 32.4 Å². The molecule has 0 aliphatic heterocycles. The molecule has 2 rings (SSSR count). The van der Waals surface area contributed by atoms with Crippen molar-refractivity contribution in [3.63, 3.8) is 0 Å². The molecule has 90 valence electrons. The van der Waals surface area contributed by atoms with Crippen LogP contribution in [-0.2, 0) is 6.54 Å². The molecule has 0 atom stereocenters. The normalized spacial score (nSPS) is 10.6. The summed E-state index contributed by atoms with van der Waals surface area (Å²) in [5.74, 6) is 0. The van der Waals surface area contributed by atoms with Gasteiger partial charge in [-0.3, -0.25) is 5.10 Å². The van der Waals surface area contributed by atoms with Crippen LogP contribution >= 0.6 is 11.6 Å². The first kappa shape index (κ1) is 11.9. The van der Waals surface area contributed by atoms with Crippen LogP contribution in [0.5, 0.6) is 0 Å². The average Bonchev–Trinajstić information content (AvgIpc) is 2.61. The molecule has 2 heterocycles. The molecule has 4 nitrogen and oxygen atoms in total. The number of pyridine rings is 1. The number of halogens is 1. The molecule has 0 radical (unpaired) electrons. The Bertz CT molecular complexity index is 514. The van der Waals surface area contributed by atoms with Crippen molar-refractivity contribution in [2.45, 2.75) is 27.3 Å². The Morgan fingerprint density at radius 1 is 1.35 bits per heavy atom. The smallest absolute Gasteiger partial charge is 0.132 e. The third kappa shape index (κ3) is 2.58. The van der Waals surface area contributed by atoms with Gasteiger partial charge in [0, 0.05) is 17.8 Å². The zero-order valence-corrected chi connectivity index (χ0v) is 10.9. The van der Waals surface area contributed by atoms with Crippen molar-refractivity contribution in [1.82, 2.24) is 15.2 Å². The summed E-state index contributed by atoms with van der Waals surface area (Å²) in [6.07, 6.45) is 1.74. The molecule has 2 aromatic heterocycles. The van der Waals surface area contributed by atoms with E-state index in [1.807, 2.05) is 26.8 Å². The number of rotatable bonds is 3. The summed E-state index contributed by atoms with van der Waals surface area (Å²) in [5.41, 5.74) is 5.24. The van der Waals surface area contributed by atoms with Crippen molar-refractivity contribution in [1.29, 1.82) is 0 Å². The number of hydrogen-bond acceptors (Lipinski definition) is 3. The van der Waals surface area contributed by atoms with E-state index in [9.17, 15) is 0 Å². The quantitative estimate of drug-likeness (QED) is 0.824. The Kier molecular flexibility index (Phi) is 3.33. The van der Waals surface area contributed by atoms with E-state index in [1.54, 1.807) is 6.20 Å². The number of nitrogens with zero attached hydrogens (tertiary/aromatic N) is 2. The Balaban J connectivity index is 2.10. The van der Waals surface area contributed by atoms with Crippen LogP contribution in [0.4, 0.5) is 5.69 Å². The summed E-state index contributed by atoms with van der Waals surface area (Å²) in [6.45, 7) is 6.68. The second-order valence-corrected chi connectivity index (χ2v) is 4.46. The summed E-state index contributed by atoms with van der Waals surface area (Å²) in [6, 6.07) is 1.99. The summed E-state index contributed by atoms with van der Waals surface area (Å²) in [5, 5.41) is 11.0. The SMILES string of the molecule is Cc1cc(NCc2c(C)n[nH]c2C)cnc1Cl. The van der Waals surface area contributed by atoms with Gasteiger partial charge in [-0.2, -0.15) is 5.10 Å². The second-order valence-electron chi connectivity index (χ2n) is 4.10. The van der Waals surface area contributed by atoms with Crippen LogP contribution in [0.1, 0.15) is 22.5 Å². The van der Waals surface area contributed by atoms with Crippen LogP contribution in [0.15, 0.2) is 12.3 Å². The Morgan fingerprint density at radius 2 is 2.12 bits per heavy atom. The molecular weight excluding hydrogens is 236 g/mol. The Morgan fingerprint density at radius 3 is 2.71 bits per heavy atom. The molecule has 0 aliphatic carbocycles. The van der Waals surface area contributed by atoms with Crippen molar-refractivity contribution < 1.29 is 0 Å². The number of aromatic amines is 1. The molecule has 0 bridgehead atoms. The second kappa shape index (κ2) is 4.75. The highest BCUT2D eigenvalue weighted by molar-refractivity contribution is 6.30. The minimum absolute atomic E-state index is 0.547. The summed E-state index contributed by atoms with van der Waals surface area (Å²) < 4.78 is 0. The van der Waals surface area contributed by atoms with Crippen molar-refractivity contribution in [2.75, 3.05) is 5.32 Å². The van der Waals surface area contributed by atoms with Gasteiger partial charge < -0.3 is 5.32 Å². The third-order valence-corrected chi connectivity index (χ3v) is 3.16. The monoisotopic (exact) mass is 250 g/mol. The molecule has 0 spiro atoms. The van der Waals surface area contributed by atoms with Crippen LogP contribution in [0.3, 0.4) is 0 Å². The molecule has 5 heteroatoms. The minimum Gasteiger partial charge on any atom is -0.380 e. The number of H-pyrrole nitrogens is 1. The van der Waals surface area contributed by atoms with Crippen LogP contribution in [-0.4, -0.2) is 15.2 Å². The highest BCUT2D eigenvalue weighted by atomic mass is 35.5. The molecule has 0 fully saturated rings. The fourth-order valence-corrected chi connectivity index (χ4v) is 1.78. The van der Waals surface area contributed by atoms with Crippen LogP contribution in [0.2, 0.25) is 5.15 Å². The maximum atomic E-state index is 5.88. The minimum atomic E-state index is 0.547. The lowest BCUT2D eigenvalue weighted by Gasteiger charge is -2.07. The van der Waals surface area contributed by atoms with Gasteiger partial charge in [0.25, 0.3) is 0 Å². The standard InChI is InChI=1S/C12H15ClN4/c1-7-4-10(5-15-12(7)13)14-6-11-8(2)16-17-9(11)3/h4-5,14H,6H2,1-3H3,(H,16,17). The average molecular weight is 251 g/mol. The van der Waals surface area contributed by atoms with E-state index in [4.69, 9.17) is 11.6 Å². The molecular formula is C12H15ClN4. The van der Waals surface area contributed by atoms with E-state index in [0.717, 1.165) is 29.2 Å². The van der Waals surface area contributed by atoms with Gasteiger partial charge in [0.2, 0.25) is 0 Å². The molecule has 0 saturated carbocycles. The Hall–Kier alpha value is -1.55. The van der Waals surface area contributed by atoms with Crippen molar-refractivity contribution in [2.24, 2.45) is 0 Å². The first-order chi connectivity index (χ1) is 8.08. The molecule has 0 aliphatic rings. The molecule has 0 amide bonds. The molecule has 17 heavy (non-hydrogen) atoms. The number of aryl methyl sites for hydroxylation is 3. The van der Waals surface area contributed by atoms with E-state index >= 15 is 0 Å². The highest BCUT2D eigenvalue weighted by Gasteiger charge is 2.06. The van der Waals surface area contributed by atoms with Gasteiger partial charge in [-0.1, -0.05) is 11.6 Å². The van der Waals surface area contributed by atoms with E-state index in [2.05, 4.69) is 20.5 Å². The molecule has 2 aromatic rings. The van der Waals surface area contributed by atoms with E-state index < -0.39 is 0 Å². The zero-order chi connectivity index (χ0) is 12.4. The van der Waals surface area contributed by atoms with E-state index in [-0.39, 0.29) is 0 Å². The summed E-state index contributed by atoms with van der Waals surface area (Å²) in [4.78, 5) is 4.10. The largest absolute Gasteiger partial charge is 0.380 e. The summed E-state index contributed by atoms with van der Waals surface area (Å²) >= 11 is 5.88. The van der Waals surface area contributed by atoms with Crippen molar-refractivity contribution in [3.8, 4) is 0 Å². The van der Waals surface area contributed by atoms with Gasteiger partial charge in [0.05, 0.1) is 17.6 Å². The first-order valence-corrected chi connectivity index (χ1v) is 5.82. The fourth-order valence-electron chi connectivity index (χ4n) is 1.68. The van der Waals surface area contributed by atoms with E-state index in [1.165, 1.54) is 5.56 Å². The first-order valence-electron chi connectivity index (χ1n) is 5.44.